The molecule has 0 heterocycles. The Balaban J connectivity index is 1.46. The first-order valence-electron chi connectivity index (χ1n) is 13.2. The summed E-state index contributed by atoms with van der Waals surface area (Å²) in [5.74, 6) is -0.318. The molecule has 2 fully saturated rings. The molecule has 0 saturated heterocycles. The van der Waals surface area contributed by atoms with E-state index in [0.717, 1.165) is 63.2 Å². The summed E-state index contributed by atoms with van der Waals surface area (Å²) in [7, 11) is 0. The number of ether oxygens (including phenoxy) is 1. The summed E-state index contributed by atoms with van der Waals surface area (Å²) in [5, 5.41) is 0. The minimum atomic E-state index is -1.02. The molecule has 0 N–H and O–H groups in total. The van der Waals surface area contributed by atoms with Crippen LogP contribution in [0, 0.1) is 35.3 Å². The van der Waals surface area contributed by atoms with E-state index >= 15 is 0 Å². The molecule has 2 saturated carbocycles. The van der Waals surface area contributed by atoms with Gasteiger partial charge in [0.15, 0.2) is 11.6 Å². The van der Waals surface area contributed by atoms with Gasteiger partial charge < -0.3 is 4.74 Å². The Kier molecular flexibility index (Phi) is 9.99. The van der Waals surface area contributed by atoms with E-state index in [1.807, 2.05) is 0 Å². The summed E-state index contributed by atoms with van der Waals surface area (Å²) in [4.78, 5) is 12.6. The smallest absolute Gasteiger partial charge is 0.314 e. The molecular weight excluding hydrogens is 406 g/mol. The second-order valence-electron chi connectivity index (χ2n) is 10.3. The van der Waals surface area contributed by atoms with Crippen molar-refractivity contribution in [2.75, 3.05) is 0 Å². The van der Waals surface area contributed by atoms with Crippen molar-refractivity contribution < 1.29 is 18.3 Å². The van der Waals surface area contributed by atoms with Crippen molar-refractivity contribution in [3.05, 3.63) is 29.3 Å². The van der Waals surface area contributed by atoms with Crippen molar-refractivity contribution >= 4 is 5.97 Å². The van der Waals surface area contributed by atoms with Crippen LogP contribution in [0.25, 0.3) is 0 Å². The number of hydrogen-bond donors (Lipinski definition) is 0. The fourth-order valence-corrected chi connectivity index (χ4v) is 5.96. The first-order valence-corrected chi connectivity index (χ1v) is 13.2. The van der Waals surface area contributed by atoms with Gasteiger partial charge in [-0.05, 0) is 80.8 Å². The number of halogens is 2. The van der Waals surface area contributed by atoms with Crippen LogP contribution in [0.1, 0.15) is 109 Å². The number of aryl methyl sites for hydroxylation is 1. The number of hydrogen-bond acceptors (Lipinski definition) is 2. The van der Waals surface area contributed by atoms with E-state index in [1.54, 1.807) is 6.07 Å². The number of carbonyl (C=O) groups is 1. The molecule has 2 nitrogen and oxygen atoms in total. The summed E-state index contributed by atoms with van der Waals surface area (Å²) in [6.07, 6.45) is 16.3. The molecule has 180 valence electrons. The van der Waals surface area contributed by atoms with Crippen LogP contribution < -0.4 is 4.74 Å². The molecule has 0 aromatic heterocycles. The van der Waals surface area contributed by atoms with Gasteiger partial charge in [0, 0.05) is 0 Å². The van der Waals surface area contributed by atoms with E-state index in [-0.39, 0.29) is 11.7 Å². The maximum Gasteiger partial charge on any atom is 0.314 e. The normalized spacial score (nSPS) is 26.1. The lowest BCUT2D eigenvalue weighted by Gasteiger charge is -2.37. The minimum Gasteiger partial charge on any atom is -0.423 e. The van der Waals surface area contributed by atoms with Gasteiger partial charge in [0.2, 0.25) is 5.82 Å². The molecule has 0 unspecified atom stereocenters. The largest absolute Gasteiger partial charge is 0.423 e. The molecule has 0 aliphatic heterocycles. The van der Waals surface area contributed by atoms with Gasteiger partial charge in [0.05, 0.1) is 5.92 Å². The Labute approximate surface area is 193 Å². The molecule has 2 aliphatic carbocycles. The van der Waals surface area contributed by atoms with Gasteiger partial charge in [-0.25, -0.2) is 4.39 Å². The van der Waals surface area contributed by atoms with E-state index in [0.29, 0.717) is 17.9 Å². The number of carbonyl (C=O) groups excluding carboxylic acids is 1. The Morgan fingerprint density at radius 3 is 2.12 bits per heavy atom. The van der Waals surface area contributed by atoms with E-state index in [2.05, 4.69) is 13.8 Å². The van der Waals surface area contributed by atoms with Crippen LogP contribution in [0.15, 0.2) is 12.1 Å². The van der Waals surface area contributed by atoms with Gasteiger partial charge >= 0.3 is 5.97 Å². The highest BCUT2D eigenvalue weighted by Crippen LogP contribution is 2.42. The van der Waals surface area contributed by atoms with Gasteiger partial charge in [0.25, 0.3) is 0 Å². The van der Waals surface area contributed by atoms with Gasteiger partial charge in [-0.2, -0.15) is 4.39 Å². The van der Waals surface area contributed by atoms with Gasteiger partial charge in [-0.3, -0.25) is 4.79 Å². The molecule has 0 bridgehead atoms. The molecule has 0 amide bonds. The second-order valence-corrected chi connectivity index (χ2v) is 10.3. The molecule has 0 radical (unpaired) electrons. The summed E-state index contributed by atoms with van der Waals surface area (Å²) < 4.78 is 34.3. The van der Waals surface area contributed by atoms with Gasteiger partial charge in [0.1, 0.15) is 0 Å². The van der Waals surface area contributed by atoms with Crippen LogP contribution in [0.2, 0.25) is 0 Å². The van der Waals surface area contributed by atoms with E-state index in [9.17, 15) is 13.6 Å². The molecule has 1 aromatic carbocycles. The molecule has 1 aromatic rings. The Morgan fingerprint density at radius 2 is 1.50 bits per heavy atom. The third-order valence-electron chi connectivity index (χ3n) is 8.00. The standard InChI is InChI=1S/C28H42F2O2/c1-3-5-6-7-9-23-18-19-25(27(30)26(23)29)32-28(31)24-16-14-22(15-17-24)21-12-10-20(8-4-2)11-13-21/h18-22,24H,3-17H2,1-2H3/t20-,21-,22-,24-. The summed E-state index contributed by atoms with van der Waals surface area (Å²) in [5.41, 5.74) is 0.368. The molecular formula is C28H42F2O2. The van der Waals surface area contributed by atoms with Crippen LogP contribution in [-0.2, 0) is 11.2 Å². The van der Waals surface area contributed by atoms with Crippen LogP contribution in [-0.4, -0.2) is 5.97 Å². The van der Waals surface area contributed by atoms with Crippen LogP contribution in [0.5, 0.6) is 5.75 Å². The quantitative estimate of drug-likeness (QED) is 0.204. The third-order valence-corrected chi connectivity index (χ3v) is 8.00. The predicted octanol–water partition coefficient (Wildman–Crippen LogP) is 8.41. The maximum absolute atomic E-state index is 14.5. The average molecular weight is 449 g/mol. The number of esters is 1. The Bertz CT molecular complexity index is 716. The van der Waals surface area contributed by atoms with Crippen LogP contribution >= 0.6 is 0 Å². The summed E-state index contributed by atoms with van der Waals surface area (Å²) in [6.45, 7) is 4.39. The zero-order valence-corrected chi connectivity index (χ0v) is 20.1. The first-order chi connectivity index (χ1) is 15.5. The van der Waals surface area contributed by atoms with Crippen molar-refractivity contribution in [2.24, 2.45) is 23.7 Å². The fourth-order valence-electron chi connectivity index (χ4n) is 5.96. The second kappa shape index (κ2) is 12.7. The van der Waals surface area contributed by atoms with E-state index in [4.69, 9.17) is 4.74 Å². The molecule has 2 aliphatic rings. The highest BCUT2D eigenvalue weighted by Gasteiger charge is 2.34. The van der Waals surface area contributed by atoms with Crippen molar-refractivity contribution in [3.63, 3.8) is 0 Å². The molecule has 3 rings (SSSR count). The lowest BCUT2D eigenvalue weighted by molar-refractivity contribution is -0.140. The van der Waals surface area contributed by atoms with Crippen molar-refractivity contribution in [1.29, 1.82) is 0 Å². The van der Waals surface area contributed by atoms with Crippen molar-refractivity contribution in [1.82, 2.24) is 0 Å². The van der Waals surface area contributed by atoms with Gasteiger partial charge in [-0.15, -0.1) is 0 Å². The summed E-state index contributed by atoms with van der Waals surface area (Å²) in [6, 6.07) is 2.99. The molecule has 0 atom stereocenters. The molecule has 32 heavy (non-hydrogen) atoms. The number of rotatable bonds is 10. The third kappa shape index (κ3) is 6.78. The predicted molar refractivity (Wildman–Crippen MR) is 126 cm³/mol. The van der Waals surface area contributed by atoms with Crippen LogP contribution in [0.4, 0.5) is 8.78 Å². The SMILES string of the molecule is CCCCCCc1ccc(OC(=O)[C@H]2CC[C@H]([C@H]3CC[C@H](CCC)CC3)CC2)c(F)c1F. The number of unbranched alkanes of at least 4 members (excludes halogenated alkanes) is 3. The Hall–Kier alpha value is -1.45. The monoisotopic (exact) mass is 448 g/mol. The Morgan fingerprint density at radius 1 is 0.844 bits per heavy atom. The highest BCUT2D eigenvalue weighted by molar-refractivity contribution is 5.75. The first kappa shape index (κ1) is 25.2. The lowest BCUT2D eigenvalue weighted by atomic mass is 9.69. The van der Waals surface area contributed by atoms with Crippen LogP contribution in [0.3, 0.4) is 0 Å². The summed E-state index contributed by atoms with van der Waals surface area (Å²) >= 11 is 0. The highest BCUT2D eigenvalue weighted by atomic mass is 19.2. The van der Waals surface area contributed by atoms with Gasteiger partial charge in [-0.1, -0.05) is 64.9 Å². The average Bonchev–Trinajstić information content (AvgIpc) is 2.82. The maximum atomic E-state index is 14.5. The zero-order valence-electron chi connectivity index (χ0n) is 20.1. The van der Waals surface area contributed by atoms with E-state index < -0.39 is 17.6 Å². The fraction of sp³-hybridized carbons (Fsp3) is 0.750. The van der Waals surface area contributed by atoms with Crippen molar-refractivity contribution in [2.45, 2.75) is 110 Å². The topological polar surface area (TPSA) is 26.3 Å². The number of benzene rings is 1. The molecule has 0 spiro atoms. The zero-order chi connectivity index (χ0) is 22.9. The lowest BCUT2D eigenvalue weighted by Crippen LogP contribution is -2.30. The molecule has 4 heteroatoms. The van der Waals surface area contributed by atoms with E-state index in [1.165, 1.54) is 44.6 Å². The van der Waals surface area contributed by atoms with Crippen molar-refractivity contribution in [3.8, 4) is 5.75 Å². The minimum absolute atomic E-state index is 0.195.